The zero-order valence-electron chi connectivity index (χ0n) is 9.62. The van der Waals surface area contributed by atoms with E-state index in [1.165, 1.54) is 12.1 Å². The summed E-state index contributed by atoms with van der Waals surface area (Å²) in [4.78, 5) is 0. The predicted molar refractivity (Wildman–Crippen MR) is 59.0 cm³/mol. The minimum atomic E-state index is -4.78. The largest absolute Gasteiger partial charge is 0.484 e. The first-order valence-corrected chi connectivity index (χ1v) is 5.60. The van der Waals surface area contributed by atoms with E-state index in [4.69, 9.17) is 11.6 Å². The average Bonchev–Trinajstić information content (AvgIpc) is 2.31. The summed E-state index contributed by atoms with van der Waals surface area (Å²) in [6.07, 6.45) is 0. The third-order valence-electron chi connectivity index (χ3n) is 2.83. The molecular formula is C12H8ClF5O. The maximum atomic E-state index is 12.9. The van der Waals surface area contributed by atoms with E-state index in [2.05, 4.69) is 4.74 Å². The van der Waals surface area contributed by atoms with Crippen molar-refractivity contribution >= 4 is 11.6 Å². The van der Waals surface area contributed by atoms with Crippen LogP contribution in [0, 0.1) is 6.92 Å². The van der Waals surface area contributed by atoms with Crippen LogP contribution in [0.15, 0.2) is 29.8 Å². The highest BCUT2D eigenvalue weighted by atomic mass is 35.5. The molecule has 0 atom stereocenters. The Hall–Kier alpha value is -1.30. The lowest BCUT2D eigenvalue weighted by molar-refractivity contribution is -0.233. The van der Waals surface area contributed by atoms with Gasteiger partial charge in [-0.3, -0.25) is 0 Å². The summed E-state index contributed by atoms with van der Waals surface area (Å²) in [5.74, 6) is -13.2. The van der Waals surface area contributed by atoms with Crippen molar-refractivity contribution in [3.8, 4) is 0 Å². The third kappa shape index (κ3) is 2.08. The third-order valence-corrected chi connectivity index (χ3v) is 3.07. The van der Waals surface area contributed by atoms with Crippen molar-refractivity contribution < 1.29 is 26.7 Å². The van der Waals surface area contributed by atoms with Gasteiger partial charge in [-0.2, -0.15) is 17.6 Å². The smallest absolute Gasteiger partial charge is 0.375 e. The monoisotopic (exact) mass is 298 g/mol. The standard InChI is InChI=1S/C12H8ClF5O/c1-6-4-8(13)3-2-7(6)5-19-10-9(14)11(15,16)12(10,17)18/h2-4H,5H2,1H3. The zero-order valence-corrected chi connectivity index (χ0v) is 10.4. The first-order chi connectivity index (χ1) is 8.68. The van der Waals surface area contributed by atoms with Gasteiger partial charge in [0.25, 0.3) is 0 Å². The Bertz CT molecular complexity index is 553. The molecule has 1 aromatic carbocycles. The van der Waals surface area contributed by atoms with E-state index < -0.39 is 30.0 Å². The summed E-state index contributed by atoms with van der Waals surface area (Å²) in [6, 6.07) is 4.54. The van der Waals surface area contributed by atoms with Gasteiger partial charge >= 0.3 is 11.8 Å². The van der Waals surface area contributed by atoms with E-state index in [1.807, 2.05) is 0 Å². The van der Waals surface area contributed by atoms with E-state index in [0.717, 1.165) is 0 Å². The molecule has 1 aromatic rings. The summed E-state index contributed by atoms with van der Waals surface area (Å²) in [7, 11) is 0. The van der Waals surface area contributed by atoms with Crippen LogP contribution in [-0.2, 0) is 11.3 Å². The highest BCUT2D eigenvalue weighted by Crippen LogP contribution is 2.56. The number of aryl methyl sites for hydroxylation is 1. The van der Waals surface area contributed by atoms with Crippen molar-refractivity contribution in [1.29, 1.82) is 0 Å². The van der Waals surface area contributed by atoms with Gasteiger partial charge in [-0.15, -0.1) is 0 Å². The van der Waals surface area contributed by atoms with Gasteiger partial charge in [0, 0.05) is 5.02 Å². The van der Waals surface area contributed by atoms with E-state index in [1.54, 1.807) is 13.0 Å². The maximum Gasteiger partial charge on any atom is 0.375 e. The van der Waals surface area contributed by atoms with Crippen LogP contribution < -0.4 is 0 Å². The molecule has 0 N–H and O–H groups in total. The second-order valence-corrected chi connectivity index (χ2v) is 4.59. The molecule has 0 amide bonds. The molecule has 0 saturated heterocycles. The molecule has 0 aliphatic heterocycles. The molecule has 7 heteroatoms. The molecule has 104 valence electrons. The molecule has 0 radical (unpaired) electrons. The van der Waals surface area contributed by atoms with Crippen molar-refractivity contribution in [2.45, 2.75) is 25.4 Å². The van der Waals surface area contributed by atoms with Gasteiger partial charge in [-0.25, -0.2) is 4.39 Å². The molecule has 2 rings (SSSR count). The summed E-state index contributed by atoms with van der Waals surface area (Å²) in [5, 5.41) is 0.437. The number of hydrogen-bond acceptors (Lipinski definition) is 1. The molecular weight excluding hydrogens is 291 g/mol. The van der Waals surface area contributed by atoms with Crippen LogP contribution in [0.5, 0.6) is 0 Å². The quantitative estimate of drug-likeness (QED) is 0.739. The van der Waals surface area contributed by atoms with Gasteiger partial charge in [-0.1, -0.05) is 17.7 Å². The minimum absolute atomic E-state index is 0.433. The fraction of sp³-hybridized carbons (Fsp3) is 0.333. The van der Waals surface area contributed by atoms with E-state index in [9.17, 15) is 22.0 Å². The summed E-state index contributed by atoms with van der Waals surface area (Å²) in [5.41, 5.74) is 1.08. The number of halogens is 6. The Balaban J connectivity index is 2.15. The highest BCUT2D eigenvalue weighted by Gasteiger charge is 2.74. The second kappa shape index (κ2) is 4.37. The molecule has 0 aromatic heterocycles. The Morgan fingerprint density at radius 3 is 2.32 bits per heavy atom. The normalized spacial score (nSPS) is 20.2. The van der Waals surface area contributed by atoms with Gasteiger partial charge < -0.3 is 4.74 Å². The van der Waals surface area contributed by atoms with Crippen LogP contribution in [0.25, 0.3) is 0 Å². The Morgan fingerprint density at radius 1 is 1.16 bits per heavy atom. The molecule has 1 aliphatic carbocycles. The van der Waals surface area contributed by atoms with Gasteiger partial charge in [0.2, 0.25) is 11.6 Å². The molecule has 0 unspecified atom stereocenters. The fourth-order valence-corrected chi connectivity index (χ4v) is 1.85. The molecule has 0 bridgehead atoms. The van der Waals surface area contributed by atoms with Crippen molar-refractivity contribution in [2.75, 3.05) is 0 Å². The van der Waals surface area contributed by atoms with Gasteiger partial charge in [0.05, 0.1) is 0 Å². The van der Waals surface area contributed by atoms with Gasteiger partial charge in [-0.05, 0) is 30.2 Å². The van der Waals surface area contributed by atoms with Crippen molar-refractivity contribution in [3.63, 3.8) is 0 Å². The molecule has 0 spiro atoms. The number of benzene rings is 1. The second-order valence-electron chi connectivity index (χ2n) is 4.15. The summed E-state index contributed by atoms with van der Waals surface area (Å²) < 4.78 is 68.2. The van der Waals surface area contributed by atoms with Crippen molar-refractivity contribution in [1.82, 2.24) is 0 Å². The Morgan fingerprint density at radius 2 is 1.79 bits per heavy atom. The van der Waals surface area contributed by atoms with Crippen molar-refractivity contribution in [2.24, 2.45) is 0 Å². The number of hydrogen-bond donors (Lipinski definition) is 0. The Labute approximate surface area is 110 Å². The number of ether oxygens (including phenoxy) is 1. The lowest BCUT2D eigenvalue weighted by Gasteiger charge is -2.35. The minimum Gasteiger partial charge on any atom is -0.484 e. The topological polar surface area (TPSA) is 9.23 Å². The molecule has 1 nitrogen and oxygen atoms in total. The molecule has 1 aliphatic rings. The maximum absolute atomic E-state index is 12.9. The molecule has 0 saturated carbocycles. The van der Waals surface area contributed by atoms with Crippen LogP contribution in [0.1, 0.15) is 11.1 Å². The van der Waals surface area contributed by atoms with Crippen LogP contribution in [0.2, 0.25) is 5.02 Å². The molecule has 19 heavy (non-hydrogen) atoms. The van der Waals surface area contributed by atoms with Crippen LogP contribution in [0.4, 0.5) is 22.0 Å². The predicted octanol–water partition coefficient (Wildman–Crippen LogP) is 4.63. The Kier molecular flexibility index (Phi) is 3.24. The van der Waals surface area contributed by atoms with E-state index in [0.29, 0.717) is 16.1 Å². The van der Waals surface area contributed by atoms with Crippen LogP contribution in [0.3, 0.4) is 0 Å². The lowest BCUT2D eigenvalue weighted by atomic mass is 9.96. The number of alkyl halides is 4. The summed E-state index contributed by atoms with van der Waals surface area (Å²) in [6.45, 7) is 1.21. The number of rotatable bonds is 3. The highest BCUT2D eigenvalue weighted by molar-refractivity contribution is 6.30. The van der Waals surface area contributed by atoms with E-state index in [-0.39, 0.29) is 0 Å². The van der Waals surface area contributed by atoms with Crippen molar-refractivity contribution in [3.05, 3.63) is 45.9 Å². The number of allylic oxidation sites excluding steroid dienone is 2. The van der Waals surface area contributed by atoms with Crippen LogP contribution >= 0.6 is 11.6 Å². The first kappa shape index (κ1) is 14.1. The fourth-order valence-electron chi connectivity index (χ4n) is 1.62. The first-order valence-electron chi connectivity index (χ1n) is 5.22. The SMILES string of the molecule is Cc1cc(Cl)ccc1COC1=C(F)C(F)(F)C1(F)F. The molecule has 0 heterocycles. The average molecular weight is 299 g/mol. The van der Waals surface area contributed by atoms with Crippen LogP contribution in [-0.4, -0.2) is 11.8 Å². The zero-order chi connectivity index (χ0) is 14.4. The summed E-state index contributed by atoms with van der Waals surface area (Å²) >= 11 is 5.69. The van der Waals surface area contributed by atoms with Gasteiger partial charge in [0.1, 0.15) is 6.61 Å². The van der Waals surface area contributed by atoms with E-state index >= 15 is 0 Å². The van der Waals surface area contributed by atoms with Gasteiger partial charge in [0.15, 0.2) is 0 Å². The molecule has 0 fully saturated rings. The lowest BCUT2D eigenvalue weighted by Crippen LogP contribution is -2.53.